The molecule has 3 N–H and O–H groups in total. The summed E-state index contributed by atoms with van der Waals surface area (Å²) < 4.78 is 11.7. The van der Waals surface area contributed by atoms with Crippen molar-refractivity contribution < 1.29 is 34.1 Å². The summed E-state index contributed by atoms with van der Waals surface area (Å²) in [5.41, 5.74) is 1.31. The molecule has 1 aromatic rings. The summed E-state index contributed by atoms with van der Waals surface area (Å²) in [6, 6.07) is 2.50. The lowest BCUT2D eigenvalue weighted by Gasteiger charge is -2.45. The molecule has 0 radical (unpaired) electrons. The average Bonchev–Trinajstić information content (AvgIpc) is 3.69. The first kappa shape index (κ1) is 24.8. The van der Waals surface area contributed by atoms with Crippen LogP contribution in [-0.4, -0.2) is 77.8 Å². The number of ether oxygens (including phenoxy) is 2. The molecular formula is C27H34N2O7. The number of amides is 2. The van der Waals surface area contributed by atoms with Gasteiger partial charge in [0, 0.05) is 35.2 Å². The maximum absolute atomic E-state index is 13.5. The van der Waals surface area contributed by atoms with Crippen LogP contribution < -0.4 is 14.8 Å². The second kappa shape index (κ2) is 10.2. The molecule has 4 unspecified atom stereocenters. The van der Waals surface area contributed by atoms with E-state index in [1.807, 2.05) is 4.90 Å². The number of hydrogen-bond donors (Lipinski definition) is 3. The molecule has 5 rings (SSSR count). The summed E-state index contributed by atoms with van der Waals surface area (Å²) in [7, 11) is 1.47. The predicted octanol–water partition coefficient (Wildman–Crippen LogP) is 1.70. The van der Waals surface area contributed by atoms with Crippen LogP contribution >= 0.6 is 0 Å². The van der Waals surface area contributed by atoms with Gasteiger partial charge in [0.05, 0.1) is 25.7 Å². The van der Waals surface area contributed by atoms with Gasteiger partial charge < -0.3 is 29.9 Å². The fourth-order valence-electron chi connectivity index (χ4n) is 6.00. The summed E-state index contributed by atoms with van der Waals surface area (Å²) in [6.07, 6.45) is 7.10. The molecule has 0 bridgehead atoms. The summed E-state index contributed by atoms with van der Waals surface area (Å²) in [4.78, 5) is 40.3. The van der Waals surface area contributed by atoms with Crippen LogP contribution in [0.1, 0.15) is 66.8 Å². The summed E-state index contributed by atoms with van der Waals surface area (Å²) in [5, 5.41) is 23.7. The second-order valence-electron chi connectivity index (χ2n) is 10.2. The van der Waals surface area contributed by atoms with E-state index in [0.717, 1.165) is 44.9 Å². The Labute approximate surface area is 210 Å². The number of carbonyl (C=O) groups excluding carboxylic acids is 3. The Kier molecular flexibility index (Phi) is 7.03. The van der Waals surface area contributed by atoms with Crippen molar-refractivity contribution in [3.05, 3.63) is 34.9 Å². The highest BCUT2D eigenvalue weighted by Crippen LogP contribution is 2.52. The standard InChI is InChI=1S/C27H34N2O7/c1-35-21-12-15(14-31)11-18-22-19(26(33)28-9-10-30)13-20(23(32)25(22)36-24(18)21)29(27(34)16-7-8-16)17-5-3-2-4-6-17/h11-14,16-17,20,22-23,25,30,32H,2-10H2,1H3,(H,28,33). The molecule has 4 aliphatic rings. The van der Waals surface area contributed by atoms with Gasteiger partial charge >= 0.3 is 0 Å². The molecule has 1 aliphatic heterocycles. The number of fused-ring (bicyclic) bond motifs is 3. The lowest BCUT2D eigenvalue weighted by atomic mass is 9.76. The summed E-state index contributed by atoms with van der Waals surface area (Å²) in [5.74, 6) is -0.313. The molecule has 2 fully saturated rings. The van der Waals surface area contributed by atoms with Crippen LogP contribution in [-0.2, 0) is 9.59 Å². The van der Waals surface area contributed by atoms with E-state index in [2.05, 4.69) is 5.32 Å². The third kappa shape index (κ3) is 4.39. The van der Waals surface area contributed by atoms with Gasteiger partial charge in [0.25, 0.3) is 0 Å². The maximum atomic E-state index is 13.5. The van der Waals surface area contributed by atoms with Crippen molar-refractivity contribution in [1.29, 1.82) is 0 Å². The number of nitrogens with one attached hydrogen (secondary N) is 1. The van der Waals surface area contributed by atoms with Gasteiger partial charge in [-0.3, -0.25) is 14.4 Å². The van der Waals surface area contributed by atoms with E-state index >= 15 is 0 Å². The molecule has 194 valence electrons. The monoisotopic (exact) mass is 498 g/mol. The third-order valence-electron chi connectivity index (χ3n) is 7.88. The Morgan fingerprint density at radius 2 is 1.94 bits per heavy atom. The largest absolute Gasteiger partial charge is 0.493 e. The van der Waals surface area contributed by atoms with Crippen LogP contribution in [0.25, 0.3) is 0 Å². The summed E-state index contributed by atoms with van der Waals surface area (Å²) >= 11 is 0. The third-order valence-corrected chi connectivity index (χ3v) is 7.88. The Morgan fingerprint density at radius 1 is 1.19 bits per heavy atom. The van der Waals surface area contributed by atoms with E-state index in [9.17, 15) is 24.6 Å². The Morgan fingerprint density at radius 3 is 2.58 bits per heavy atom. The topological polar surface area (TPSA) is 125 Å². The highest BCUT2D eigenvalue weighted by Gasteiger charge is 2.53. The summed E-state index contributed by atoms with van der Waals surface area (Å²) in [6.45, 7) is -0.150. The number of nitrogens with zero attached hydrogens (tertiary/aromatic N) is 1. The van der Waals surface area contributed by atoms with Gasteiger partial charge in [0.2, 0.25) is 11.8 Å². The van der Waals surface area contributed by atoms with Gasteiger partial charge in [-0.15, -0.1) is 0 Å². The van der Waals surface area contributed by atoms with Crippen LogP contribution in [0.5, 0.6) is 11.5 Å². The van der Waals surface area contributed by atoms with Crippen molar-refractivity contribution in [2.75, 3.05) is 20.3 Å². The van der Waals surface area contributed by atoms with Crippen LogP contribution in [0.3, 0.4) is 0 Å². The van der Waals surface area contributed by atoms with Crippen molar-refractivity contribution in [1.82, 2.24) is 10.2 Å². The van der Waals surface area contributed by atoms with Crippen LogP contribution in [0.15, 0.2) is 23.8 Å². The minimum atomic E-state index is -1.08. The quantitative estimate of drug-likeness (QED) is 0.466. The lowest BCUT2D eigenvalue weighted by Crippen LogP contribution is -2.59. The Balaban J connectivity index is 1.59. The normalized spacial score (nSPS) is 27.2. The first-order chi connectivity index (χ1) is 17.5. The molecule has 36 heavy (non-hydrogen) atoms. The Hall–Kier alpha value is -2.91. The highest BCUT2D eigenvalue weighted by molar-refractivity contribution is 5.96. The molecule has 9 heteroatoms. The van der Waals surface area contributed by atoms with E-state index < -0.39 is 30.1 Å². The lowest BCUT2D eigenvalue weighted by molar-refractivity contribution is -0.142. The molecule has 0 spiro atoms. The van der Waals surface area contributed by atoms with E-state index in [0.29, 0.717) is 34.5 Å². The zero-order valence-electron chi connectivity index (χ0n) is 20.5. The Bertz CT molecular complexity index is 1060. The van der Waals surface area contributed by atoms with E-state index in [-0.39, 0.29) is 31.0 Å². The zero-order valence-corrected chi connectivity index (χ0v) is 20.5. The molecule has 0 aromatic heterocycles. The average molecular weight is 499 g/mol. The van der Waals surface area contributed by atoms with E-state index in [1.54, 1.807) is 18.2 Å². The van der Waals surface area contributed by atoms with Crippen molar-refractivity contribution in [2.24, 2.45) is 5.92 Å². The smallest absolute Gasteiger partial charge is 0.247 e. The van der Waals surface area contributed by atoms with Crippen molar-refractivity contribution in [3.63, 3.8) is 0 Å². The number of benzene rings is 1. The van der Waals surface area contributed by atoms with Gasteiger partial charge in [-0.1, -0.05) is 19.3 Å². The molecule has 2 amide bonds. The highest BCUT2D eigenvalue weighted by atomic mass is 16.5. The van der Waals surface area contributed by atoms with Crippen molar-refractivity contribution in [2.45, 2.75) is 75.2 Å². The van der Waals surface area contributed by atoms with Gasteiger partial charge in [-0.25, -0.2) is 0 Å². The fraction of sp³-hybridized carbons (Fsp3) is 0.593. The van der Waals surface area contributed by atoms with Crippen LogP contribution in [0, 0.1) is 5.92 Å². The number of methoxy groups -OCH3 is 1. The van der Waals surface area contributed by atoms with E-state index in [4.69, 9.17) is 9.47 Å². The number of carbonyl (C=O) groups is 3. The predicted molar refractivity (Wildman–Crippen MR) is 130 cm³/mol. The first-order valence-electron chi connectivity index (χ1n) is 12.9. The molecule has 1 aromatic carbocycles. The number of rotatable bonds is 8. The molecule has 3 aliphatic carbocycles. The molecule has 0 saturated heterocycles. The number of hydrogen-bond acceptors (Lipinski definition) is 7. The second-order valence-corrected chi connectivity index (χ2v) is 10.2. The number of aliphatic hydroxyl groups excluding tert-OH is 2. The molecule has 1 heterocycles. The SMILES string of the molecule is COc1cc(C=O)cc2c1OC1C2C(C(=O)NCCO)=CC(N(C(=O)C2CC2)C2CCCCC2)C1O. The van der Waals surface area contributed by atoms with Gasteiger partial charge in [0.15, 0.2) is 11.5 Å². The minimum absolute atomic E-state index is 0.000957. The first-order valence-corrected chi connectivity index (χ1v) is 12.9. The maximum Gasteiger partial charge on any atom is 0.247 e. The van der Waals surface area contributed by atoms with Gasteiger partial charge in [-0.2, -0.15) is 0 Å². The fourth-order valence-corrected chi connectivity index (χ4v) is 6.00. The molecular weight excluding hydrogens is 464 g/mol. The van der Waals surface area contributed by atoms with Gasteiger partial charge in [-0.05, 0) is 43.9 Å². The molecule has 9 nitrogen and oxygen atoms in total. The van der Waals surface area contributed by atoms with Crippen molar-refractivity contribution in [3.8, 4) is 11.5 Å². The van der Waals surface area contributed by atoms with Crippen molar-refractivity contribution >= 4 is 18.1 Å². The molecule has 4 atom stereocenters. The number of aliphatic hydroxyl groups is 2. The molecule has 2 saturated carbocycles. The minimum Gasteiger partial charge on any atom is -0.493 e. The van der Waals surface area contributed by atoms with Crippen LogP contribution in [0.2, 0.25) is 0 Å². The number of aldehydes is 1. The zero-order chi connectivity index (χ0) is 25.4. The van der Waals surface area contributed by atoms with Gasteiger partial charge in [0.1, 0.15) is 18.5 Å². The van der Waals surface area contributed by atoms with E-state index in [1.165, 1.54) is 7.11 Å². The van der Waals surface area contributed by atoms with Crippen LogP contribution in [0.4, 0.5) is 0 Å².